The van der Waals surface area contributed by atoms with E-state index in [1.807, 2.05) is 35.7 Å². The molecule has 0 saturated carbocycles. The third-order valence-electron chi connectivity index (χ3n) is 6.78. The van der Waals surface area contributed by atoms with Gasteiger partial charge in [0.25, 0.3) is 11.8 Å². The number of rotatable bonds is 12. The van der Waals surface area contributed by atoms with E-state index in [0.29, 0.717) is 37.8 Å². The SMILES string of the molecule is CCOC(=O)c1c(-c2ccccc2)csc1NC(=O)CSc1cccc(NC(=O)/C(=C\c2ccc(F)cc2)NC(=O)c2ccccc2)c1. The maximum atomic E-state index is 13.5. The molecule has 0 saturated heterocycles. The normalized spacial score (nSPS) is 11.0. The number of amides is 3. The standard InChI is InChI=1S/C37H30FN3O5S2/c1-2-46-37(45)33-30(25-10-5-3-6-11-25)22-48-36(33)41-32(42)23-47-29-15-9-14-28(21-29)39-35(44)31(20-24-16-18-27(38)19-17-24)40-34(43)26-12-7-4-8-13-26/h3-22H,2,23H2,1H3,(H,39,44)(H,40,43)(H,41,42)/b31-20+. The summed E-state index contributed by atoms with van der Waals surface area (Å²) in [4.78, 5) is 52.9. The Morgan fingerprint density at radius 1 is 0.854 bits per heavy atom. The molecule has 1 heterocycles. The molecule has 3 amide bonds. The minimum atomic E-state index is -0.595. The number of hydrogen-bond donors (Lipinski definition) is 3. The molecule has 8 nitrogen and oxygen atoms in total. The monoisotopic (exact) mass is 679 g/mol. The molecule has 11 heteroatoms. The quantitative estimate of drug-likeness (QED) is 0.0703. The summed E-state index contributed by atoms with van der Waals surface area (Å²) in [6.07, 6.45) is 1.46. The zero-order valence-electron chi connectivity index (χ0n) is 25.7. The van der Waals surface area contributed by atoms with Gasteiger partial charge in [0.15, 0.2) is 0 Å². The van der Waals surface area contributed by atoms with Crippen LogP contribution < -0.4 is 16.0 Å². The van der Waals surface area contributed by atoms with E-state index in [4.69, 9.17) is 4.74 Å². The third-order valence-corrected chi connectivity index (χ3v) is 8.67. The highest BCUT2D eigenvalue weighted by Crippen LogP contribution is 2.36. The molecule has 0 radical (unpaired) electrons. The van der Waals surface area contributed by atoms with Gasteiger partial charge in [-0.3, -0.25) is 14.4 Å². The lowest BCUT2D eigenvalue weighted by molar-refractivity contribution is -0.114. The number of esters is 1. The molecular weight excluding hydrogens is 650 g/mol. The van der Waals surface area contributed by atoms with Crippen LogP contribution in [0, 0.1) is 5.82 Å². The Morgan fingerprint density at radius 2 is 1.56 bits per heavy atom. The first kappa shape index (κ1) is 33.8. The number of anilines is 2. The predicted octanol–water partition coefficient (Wildman–Crippen LogP) is 7.87. The van der Waals surface area contributed by atoms with E-state index in [-0.39, 0.29) is 24.0 Å². The van der Waals surface area contributed by atoms with Crippen LogP contribution in [-0.2, 0) is 14.3 Å². The Morgan fingerprint density at radius 3 is 2.27 bits per heavy atom. The summed E-state index contributed by atoms with van der Waals surface area (Å²) in [5.41, 5.74) is 3.08. The van der Waals surface area contributed by atoms with Crippen molar-refractivity contribution in [3.05, 3.63) is 143 Å². The fourth-order valence-corrected chi connectivity index (χ4v) is 6.26. The number of benzene rings is 4. The van der Waals surface area contributed by atoms with Crippen LogP contribution in [0.15, 0.2) is 125 Å². The average molecular weight is 680 g/mol. The molecule has 242 valence electrons. The maximum absolute atomic E-state index is 13.5. The second kappa shape index (κ2) is 16.3. The van der Waals surface area contributed by atoms with Crippen molar-refractivity contribution >= 4 is 63.6 Å². The summed E-state index contributed by atoms with van der Waals surface area (Å²) in [5, 5.41) is 10.5. The van der Waals surface area contributed by atoms with Crippen LogP contribution in [-0.4, -0.2) is 36.1 Å². The van der Waals surface area contributed by atoms with Gasteiger partial charge in [0.2, 0.25) is 5.91 Å². The van der Waals surface area contributed by atoms with Crippen molar-refractivity contribution < 1.29 is 28.3 Å². The Hall–Kier alpha value is -5.52. The van der Waals surface area contributed by atoms with Crippen LogP contribution in [0.25, 0.3) is 17.2 Å². The van der Waals surface area contributed by atoms with Gasteiger partial charge < -0.3 is 20.7 Å². The molecule has 5 rings (SSSR count). The predicted molar refractivity (Wildman–Crippen MR) is 188 cm³/mol. The molecule has 0 fully saturated rings. The first-order chi connectivity index (χ1) is 23.3. The zero-order valence-corrected chi connectivity index (χ0v) is 27.3. The number of hydrogen-bond acceptors (Lipinski definition) is 7. The molecule has 3 N–H and O–H groups in total. The first-order valence-corrected chi connectivity index (χ1v) is 16.7. The number of nitrogens with one attached hydrogen (secondary N) is 3. The lowest BCUT2D eigenvalue weighted by atomic mass is 10.0. The van der Waals surface area contributed by atoms with Gasteiger partial charge >= 0.3 is 5.97 Å². The second-order valence-electron chi connectivity index (χ2n) is 10.2. The Labute approximate surface area is 285 Å². The zero-order chi connectivity index (χ0) is 33.9. The summed E-state index contributed by atoms with van der Waals surface area (Å²) in [6, 6.07) is 30.3. The topological polar surface area (TPSA) is 114 Å². The van der Waals surface area contributed by atoms with Crippen LogP contribution in [0.4, 0.5) is 15.1 Å². The highest BCUT2D eigenvalue weighted by Gasteiger charge is 2.23. The van der Waals surface area contributed by atoms with Crippen molar-refractivity contribution in [1.82, 2.24) is 5.32 Å². The Balaban J connectivity index is 1.27. The third kappa shape index (κ3) is 9.05. The van der Waals surface area contributed by atoms with Gasteiger partial charge in [-0.1, -0.05) is 66.7 Å². The fourth-order valence-electron chi connectivity index (χ4n) is 4.53. The summed E-state index contributed by atoms with van der Waals surface area (Å²) < 4.78 is 18.8. The number of ether oxygens (including phenoxy) is 1. The van der Waals surface area contributed by atoms with Gasteiger partial charge in [0.1, 0.15) is 22.1 Å². The van der Waals surface area contributed by atoms with Crippen molar-refractivity contribution in [2.75, 3.05) is 23.0 Å². The van der Waals surface area contributed by atoms with Crippen molar-refractivity contribution in [3.63, 3.8) is 0 Å². The smallest absolute Gasteiger partial charge is 0.341 e. The van der Waals surface area contributed by atoms with Gasteiger partial charge in [-0.05, 0) is 66.6 Å². The average Bonchev–Trinajstić information content (AvgIpc) is 3.52. The minimum Gasteiger partial charge on any atom is -0.462 e. The second-order valence-corrected chi connectivity index (χ2v) is 12.1. The van der Waals surface area contributed by atoms with Gasteiger partial charge in [-0.15, -0.1) is 23.1 Å². The van der Waals surface area contributed by atoms with Crippen LogP contribution >= 0.6 is 23.1 Å². The lowest BCUT2D eigenvalue weighted by Crippen LogP contribution is -2.30. The molecule has 0 aliphatic heterocycles. The van der Waals surface area contributed by atoms with E-state index < -0.39 is 23.6 Å². The van der Waals surface area contributed by atoms with Crippen LogP contribution in [0.1, 0.15) is 33.2 Å². The number of carbonyl (C=O) groups is 4. The van der Waals surface area contributed by atoms with Crippen LogP contribution in [0.5, 0.6) is 0 Å². The van der Waals surface area contributed by atoms with E-state index >= 15 is 0 Å². The van der Waals surface area contributed by atoms with Gasteiger partial charge in [0, 0.05) is 27.1 Å². The summed E-state index contributed by atoms with van der Waals surface area (Å²) >= 11 is 2.49. The van der Waals surface area contributed by atoms with E-state index in [9.17, 15) is 23.6 Å². The minimum absolute atomic E-state index is 0.0289. The molecule has 0 aliphatic rings. The van der Waals surface area contributed by atoms with E-state index in [1.54, 1.807) is 61.5 Å². The molecular formula is C37H30FN3O5S2. The Kier molecular flexibility index (Phi) is 11.5. The molecule has 5 aromatic rings. The molecule has 1 aromatic heterocycles. The maximum Gasteiger partial charge on any atom is 0.341 e. The molecule has 0 bridgehead atoms. The number of halogens is 1. The van der Waals surface area contributed by atoms with Crippen molar-refractivity contribution in [2.24, 2.45) is 0 Å². The van der Waals surface area contributed by atoms with E-state index in [2.05, 4.69) is 16.0 Å². The summed E-state index contributed by atoms with van der Waals surface area (Å²) in [6.45, 7) is 1.92. The first-order valence-electron chi connectivity index (χ1n) is 14.8. The van der Waals surface area contributed by atoms with Crippen LogP contribution in [0.2, 0.25) is 0 Å². The van der Waals surface area contributed by atoms with E-state index in [0.717, 1.165) is 5.56 Å². The molecule has 0 unspecified atom stereocenters. The Bertz CT molecular complexity index is 1950. The largest absolute Gasteiger partial charge is 0.462 e. The number of carbonyl (C=O) groups excluding carboxylic acids is 4. The van der Waals surface area contributed by atoms with Crippen molar-refractivity contribution in [2.45, 2.75) is 11.8 Å². The van der Waals surface area contributed by atoms with Gasteiger partial charge in [-0.2, -0.15) is 0 Å². The molecule has 4 aromatic carbocycles. The highest BCUT2D eigenvalue weighted by atomic mass is 32.2. The summed E-state index contributed by atoms with van der Waals surface area (Å²) in [7, 11) is 0. The molecule has 0 aliphatic carbocycles. The van der Waals surface area contributed by atoms with Gasteiger partial charge in [-0.25, -0.2) is 9.18 Å². The number of thiophene rings is 1. The summed E-state index contributed by atoms with van der Waals surface area (Å²) in [5.74, 6) is -2.32. The molecule has 0 atom stereocenters. The van der Waals surface area contributed by atoms with Crippen LogP contribution in [0.3, 0.4) is 0 Å². The van der Waals surface area contributed by atoms with Crippen molar-refractivity contribution in [3.8, 4) is 11.1 Å². The highest BCUT2D eigenvalue weighted by molar-refractivity contribution is 8.00. The van der Waals surface area contributed by atoms with E-state index in [1.165, 1.54) is 53.4 Å². The number of thioether (sulfide) groups is 1. The fraction of sp³-hybridized carbons (Fsp3) is 0.0811. The lowest BCUT2D eigenvalue weighted by Gasteiger charge is -2.12. The van der Waals surface area contributed by atoms with Gasteiger partial charge in [0.05, 0.1) is 12.4 Å². The van der Waals surface area contributed by atoms with Crippen molar-refractivity contribution in [1.29, 1.82) is 0 Å². The molecule has 0 spiro atoms. The molecule has 48 heavy (non-hydrogen) atoms.